The van der Waals surface area contributed by atoms with Crippen LogP contribution in [-0.4, -0.2) is 51.2 Å². The van der Waals surface area contributed by atoms with Gasteiger partial charge >= 0.3 is 0 Å². The highest BCUT2D eigenvalue weighted by Crippen LogP contribution is 2.26. The fourth-order valence-corrected chi connectivity index (χ4v) is 2.47. The molecule has 2 rings (SSSR count). The lowest BCUT2D eigenvalue weighted by atomic mass is 10.0. The van der Waals surface area contributed by atoms with Gasteiger partial charge in [-0.3, -0.25) is 0 Å². The summed E-state index contributed by atoms with van der Waals surface area (Å²) in [7, 11) is 1.64. The van der Waals surface area contributed by atoms with Gasteiger partial charge in [-0.25, -0.2) is 0 Å². The first kappa shape index (κ1) is 14.3. The quantitative estimate of drug-likeness (QED) is 0.758. The molecule has 0 aromatic heterocycles. The predicted molar refractivity (Wildman–Crippen MR) is 75.7 cm³/mol. The maximum atomic E-state index is 10.0. The minimum Gasteiger partial charge on any atom is -0.389 e. The van der Waals surface area contributed by atoms with Crippen molar-refractivity contribution in [3.8, 4) is 0 Å². The molecule has 1 aromatic rings. The number of aliphatic hydroxyl groups excluding tert-OH is 1. The molecule has 106 valence electrons. The summed E-state index contributed by atoms with van der Waals surface area (Å²) in [6.07, 6.45) is 1.82. The third-order valence-corrected chi connectivity index (χ3v) is 3.38. The Morgan fingerprint density at radius 2 is 2.16 bits per heavy atom. The van der Waals surface area contributed by atoms with Gasteiger partial charge in [0.15, 0.2) is 0 Å². The maximum Gasteiger partial charge on any atom is 0.0948 e. The Kier molecular flexibility index (Phi) is 5.63. The van der Waals surface area contributed by atoms with Crippen LogP contribution in [0.2, 0.25) is 0 Å². The molecular formula is C15H23NO3. The van der Waals surface area contributed by atoms with Gasteiger partial charge in [-0.2, -0.15) is 0 Å². The van der Waals surface area contributed by atoms with Crippen molar-refractivity contribution in [2.75, 3.05) is 44.9 Å². The molecule has 0 bridgehead atoms. The Morgan fingerprint density at radius 3 is 3.00 bits per heavy atom. The first-order valence-corrected chi connectivity index (χ1v) is 6.89. The van der Waals surface area contributed by atoms with Gasteiger partial charge in [0.25, 0.3) is 0 Å². The van der Waals surface area contributed by atoms with Crippen LogP contribution in [0, 0.1) is 0 Å². The van der Waals surface area contributed by atoms with Crippen LogP contribution in [-0.2, 0) is 15.9 Å². The van der Waals surface area contributed by atoms with Crippen molar-refractivity contribution in [2.24, 2.45) is 0 Å². The summed E-state index contributed by atoms with van der Waals surface area (Å²) in [5.41, 5.74) is 2.63. The van der Waals surface area contributed by atoms with Crippen LogP contribution in [0.25, 0.3) is 0 Å². The lowest BCUT2D eigenvalue weighted by Gasteiger charge is -2.32. The molecule has 1 atom stereocenters. The monoisotopic (exact) mass is 265 g/mol. The molecule has 19 heavy (non-hydrogen) atoms. The number of β-amino-alcohol motifs (C(OH)–C–C–N with tert-alkyl or cyclic N) is 1. The minimum absolute atomic E-state index is 0.363. The molecule has 1 heterocycles. The predicted octanol–water partition coefficient (Wildman–Crippen LogP) is 1.46. The molecule has 1 aliphatic rings. The number of para-hydroxylation sites is 1. The number of aryl methyl sites for hydroxylation is 1. The normalized spacial score (nSPS) is 16.2. The van der Waals surface area contributed by atoms with E-state index in [1.165, 1.54) is 11.3 Å². The average Bonchev–Trinajstić information content (AvgIpc) is 2.44. The number of ether oxygens (including phenoxy) is 2. The van der Waals surface area contributed by atoms with Crippen LogP contribution in [0.5, 0.6) is 0 Å². The minimum atomic E-state index is -0.456. The van der Waals surface area contributed by atoms with Crippen LogP contribution < -0.4 is 4.90 Å². The number of aliphatic hydroxyl groups is 1. The third-order valence-electron chi connectivity index (χ3n) is 3.38. The molecule has 0 amide bonds. The number of hydrogen-bond acceptors (Lipinski definition) is 4. The van der Waals surface area contributed by atoms with Crippen LogP contribution in [0.3, 0.4) is 0 Å². The summed E-state index contributed by atoms with van der Waals surface area (Å²) in [5.74, 6) is 0. The zero-order valence-corrected chi connectivity index (χ0v) is 11.5. The largest absolute Gasteiger partial charge is 0.389 e. The topological polar surface area (TPSA) is 41.9 Å². The van der Waals surface area contributed by atoms with Crippen molar-refractivity contribution in [3.05, 3.63) is 29.8 Å². The molecule has 0 radical (unpaired) electrons. The summed E-state index contributed by atoms with van der Waals surface area (Å²) in [5, 5.41) is 10.0. The number of hydrogen-bond donors (Lipinski definition) is 1. The van der Waals surface area contributed by atoms with Gasteiger partial charge in [0, 0.05) is 25.9 Å². The van der Waals surface area contributed by atoms with Crippen LogP contribution in [0.4, 0.5) is 5.69 Å². The fraction of sp³-hybridized carbons (Fsp3) is 0.600. The van der Waals surface area contributed by atoms with E-state index in [0.29, 0.717) is 26.4 Å². The molecular weight excluding hydrogens is 242 g/mol. The van der Waals surface area contributed by atoms with Crippen molar-refractivity contribution in [3.63, 3.8) is 0 Å². The van der Waals surface area contributed by atoms with Crippen LogP contribution >= 0.6 is 0 Å². The van der Waals surface area contributed by atoms with Gasteiger partial charge < -0.3 is 19.5 Å². The van der Waals surface area contributed by atoms with E-state index in [9.17, 15) is 5.11 Å². The molecule has 4 heteroatoms. The summed E-state index contributed by atoms with van der Waals surface area (Å²) in [6, 6.07) is 8.43. The Hall–Kier alpha value is -1.10. The van der Waals surface area contributed by atoms with E-state index in [1.54, 1.807) is 7.11 Å². The first-order chi connectivity index (χ1) is 9.31. The summed E-state index contributed by atoms with van der Waals surface area (Å²) in [6.45, 7) is 3.10. The highest BCUT2D eigenvalue weighted by molar-refractivity contribution is 5.55. The summed E-state index contributed by atoms with van der Waals surface area (Å²) < 4.78 is 10.3. The molecule has 1 unspecified atom stereocenters. The van der Waals surface area contributed by atoms with Crippen molar-refractivity contribution in [2.45, 2.75) is 18.9 Å². The van der Waals surface area contributed by atoms with Crippen molar-refractivity contribution in [1.82, 2.24) is 0 Å². The lowest BCUT2D eigenvalue weighted by Crippen LogP contribution is -2.38. The Bertz CT molecular complexity index is 383. The van der Waals surface area contributed by atoms with E-state index in [4.69, 9.17) is 9.47 Å². The van der Waals surface area contributed by atoms with E-state index >= 15 is 0 Å². The van der Waals surface area contributed by atoms with Gasteiger partial charge in [0.1, 0.15) is 0 Å². The fourth-order valence-electron chi connectivity index (χ4n) is 2.47. The molecule has 0 saturated carbocycles. The van der Waals surface area contributed by atoms with E-state index in [0.717, 1.165) is 19.4 Å². The Labute approximate surface area is 114 Å². The third kappa shape index (κ3) is 4.20. The van der Waals surface area contributed by atoms with E-state index in [-0.39, 0.29) is 0 Å². The smallest absolute Gasteiger partial charge is 0.0948 e. The van der Waals surface area contributed by atoms with Crippen molar-refractivity contribution in [1.29, 1.82) is 0 Å². The number of benzene rings is 1. The van der Waals surface area contributed by atoms with Crippen LogP contribution in [0.15, 0.2) is 24.3 Å². The second-order valence-corrected chi connectivity index (χ2v) is 4.90. The van der Waals surface area contributed by atoms with Gasteiger partial charge in [-0.15, -0.1) is 0 Å². The summed E-state index contributed by atoms with van der Waals surface area (Å²) in [4.78, 5) is 2.25. The molecule has 1 N–H and O–H groups in total. The SMILES string of the molecule is COCCOCC(O)CN1CCCc2ccccc21. The van der Waals surface area contributed by atoms with Gasteiger partial charge in [0.2, 0.25) is 0 Å². The van der Waals surface area contributed by atoms with Gasteiger partial charge in [-0.1, -0.05) is 18.2 Å². The number of rotatable bonds is 7. The Morgan fingerprint density at radius 1 is 1.32 bits per heavy atom. The Balaban J connectivity index is 1.83. The number of nitrogens with zero attached hydrogens (tertiary/aromatic N) is 1. The van der Waals surface area contributed by atoms with Crippen molar-refractivity contribution < 1.29 is 14.6 Å². The average molecular weight is 265 g/mol. The lowest BCUT2D eigenvalue weighted by molar-refractivity contribution is 0.0160. The van der Waals surface area contributed by atoms with Gasteiger partial charge in [0.05, 0.1) is 25.9 Å². The highest BCUT2D eigenvalue weighted by Gasteiger charge is 2.18. The number of methoxy groups -OCH3 is 1. The highest BCUT2D eigenvalue weighted by atomic mass is 16.5. The second kappa shape index (κ2) is 7.48. The molecule has 1 aliphatic heterocycles. The first-order valence-electron chi connectivity index (χ1n) is 6.89. The molecule has 0 fully saturated rings. The molecule has 0 spiro atoms. The van der Waals surface area contributed by atoms with Crippen molar-refractivity contribution >= 4 is 5.69 Å². The van der Waals surface area contributed by atoms with Gasteiger partial charge in [-0.05, 0) is 24.5 Å². The van der Waals surface area contributed by atoms with E-state index < -0.39 is 6.10 Å². The number of anilines is 1. The maximum absolute atomic E-state index is 10.0. The zero-order chi connectivity index (χ0) is 13.5. The zero-order valence-electron chi connectivity index (χ0n) is 11.5. The molecule has 0 saturated heterocycles. The second-order valence-electron chi connectivity index (χ2n) is 4.90. The standard InChI is InChI=1S/C15H23NO3/c1-18-9-10-19-12-14(17)11-16-8-4-6-13-5-2-3-7-15(13)16/h2-3,5,7,14,17H,4,6,8-12H2,1H3. The van der Waals surface area contributed by atoms with Crippen LogP contribution in [0.1, 0.15) is 12.0 Å². The molecule has 1 aromatic carbocycles. The molecule has 4 nitrogen and oxygen atoms in total. The summed E-state index contributed by atoms with van der Waals surface area (Å²) >= 11 is 0. The molecule has 0 aliphatic carbocycles. The number of fused-ring (bicyclic) bond motifs is 1. The van der Waals surface area contributed by atoms with E-state index in [1.807, 2.05) is 0 Å². The van der Waals surface area contributed by atoms with E-state index in [2.05, 4.69) is 29.2 Å².